The highest BCUT2D eigenvalue weighted by atomic mass is 32.2. The van der Waals surface area contributed by atoms with E-state index in [-0.39, 0.29) is 36.0 Å². The summed E-state index contributed by atoms with van der Waals surface area (Å²) in [5, 5.41) is 0. The molecule has 2 heterocycles. The highest BCUT2D eigenvalue weighted by Gasteiger charge is 2.41. The largest absolute Gasteiger partial charge is 0.491 e. The molecule has 6 nitrogen and oxygen atoms in total. The van der Waals surface area contributed by atoms with Crippen molar-refractivity contribution < 1.29 is 17.9 Å². The van der Waals surface area contributed by atoms with Crippen LogP contribution in [0.1, 0.15) is 31.0 Å². The number of carbonyl (C=O) groups excluding carboxylic acids is 1. The molecule has 2 aliphatic rings. The quantitative estimate of drug-likeness (QED) is 0.791. The number of piperazine rings is 1. The predicted octanol–water partition coefficient (Wildman–Crippen LogP) is 2.60. The number of sulfonamides is 1. The van der Waals surface area contributed by atoms with E-state index < -0.39 is 10.0 Å². The van der Waals surface area contributed by atoms with Crippen LogP contribution < -0.4 is 4.74 Å². The Kier molecular flexibility index (Phi) is 4.89. The molecule has 2 aromatic carbocycles. The number of benzene rings is 2. The monoisotopic (exact) mass is 400 g/mol. The smallest absolute Gasteiger partial charge is 0.243 e. The van der Waals surface area contributed by atoms with E-state index in [0.29, 0.717) is 12.3 Å². The Morgan fingerprint density at radius 2 is 1.79 bits per heavy atom. The summed E-state index contributed by atoms with van der Waals surface area (Å²) in [6.07, 6.45) is 0.821. The van der Waals surface area contributed by atoms with Gasteiger partial charge in [0.1, 0.15) is 5.75 Å². The van der Waals surface area contributed by atoms with Crippen molar-refractivity contribution in [3.8, 4) is 5.75 Å². The van der Waals surface area contributed by atoms with E-state index in [9.17, 15) is 13.2 Å². The highest BCUT2D eigenvalue weighted by molar-refractivity contribution is 7.89. The van der Waals surface area contributed by atoms with E-state index in [2.05, 4.69) is 6.07 Å². The van der Waals surface area contributed by atoms with Crippen molar-refractivity contribution in [1.82, 2.24) is 9.21 Å². The van der Waals surface area contributed by atoms with Crippen molar-refractivity contribution in [2.45, 2.75) is 37.3 Å². The standard InChI is InChI=1S/C21H24N2O4S/c1-15(2)27-17-7-9-18(10-8-17)28(25,26)22-13-20-19-6-4-3-5-16(19)11-12-23(20)21(24)14-22/h3-10,15,20H,11-14H2,1-2H3/t20-/m0/s1. The zero-order valence-electron chi connectivity index (χ0n) is 16.0. The van der Waals surface area contributed by atoms with Gasteiger partial charge in [0.25, 0.3) is 0 Å². The van der Waals surface area contributed by atoms with Gasteiger partial charge < -0.3 is 9.64 Å². The Morgan fingerprint density at radius 1 is 1.07 bits per heavy atom. The second kappa shape index (κ2) is 7.22. The maximum atomic E-state index is 13.2. The molecular formula is C21H24N2O4S. The summed E-state index contributed by atoms with van der Waals surface area (Å²) >= 11 is 0. The Balaban J connectivity index is 1.62. The average molecular weight is 401 g/mol. The Hall–Kier alpha value is -2.38. The van der Waals surface area contributed by atoms with Crippen molar-refractivity contribution in [2.24, 2.45) is 0 Å². The summed E-state index contributed by atoms with van der Waals surface area (Å²) in [7, 11) is -3.76. The molecule has 1 fully saturated rings. The van der Waals surface area contributed by atoms with Crippen LogP contribution in [0.3, 0.4) is 0 Å². The summed E-state index contributed by atoms with van der Waals surface area (Å²) in [5.41, 5.74) is 2.23. The number of amides is 1. The molecule has 0 spiro atoms. The second-order valence-corrected chi connectivity index (χ2v) is 9.43. The number of hydrogen-bond donors (Lipinski definition) is 0. The normalized spacial score (nSPS) is 20.0. The summed E-state index contributed by atoms with van der Waals surface area (Å²) < 4.78 is 33.2. The first kappa shape index (κ1) is 19.0. The zero-order chi connectivity index (χ0) is 19.9. The summed E-state index contributed by atoms with van der Waals surface area (Å²) in [5.74, 6) is 0.477. The molecule has 0 aromatic heterocycles. The van der Waals surface area contributed by atoms with Gasteiger partial charge in [0, 0.05) is 13.1 Å². The SMILES string of the molecule is CC(C)Oc1ccc(S(=O)(=O)N2CC(=O)N3CCc4ccccc4[C@@H]3C2)cc1. The molecule has 4 rings (SSSR count). The lowest BCUT2D eigenvalue weighted by molar-refractivity contribution is -0.138. The lowest BCUT2D eigenvalue weighted by Gasteiger charge is -2.44. The van der Waals surface area contributed by atoms with Crippen LogP contribution in [0.2, 0.25) is 0 Å². The van der Waals surface area contributed by atoms with Crippen LogP contribution in [0.5, 0.6) is 5.75 Å². The number of nitrogens with zero attached hydrogens (tertiary/aromatic N) is 2. The number of fused-ring (bicyclic) bond motifs is 3. The zero-order valence-corrected chi connectivity index (χ0v) is 16.9. The van der Waals surface area contributed by atoms with Crippen molar-refractivity contribution >= 4 is 15.9 Å². The molecule has 2 aliphatic heterocycles. The number of hydrogen-bond acceptors (Lipinski definition) is 4. The van der Waals surface area contributed by atoms with Crippen LogP contribution >= 0.6 is 0 Å². The van der Waals surface area contributed by atoms with Crippen LogP contribution in [0.4, 0.5) is 0 Å². The molecule has 0 aliphatic carbocycles. The lowest BCUT2D eigenvalue weighted by atomic mass is 9.91. The third-order valence-electron chi connectivity index (χ3n) is 5.25. The van der Waals surface area contributed by atoms with Crippen molar-refractivity contribution in [2.75, 3.05) is 19.6 Å². The maximum Gasteiger partial charge on any atom is 0.243 e. The van der Waals surface area contributed by atoms with Gasteiger partial charge in [-0.15, -0.1) is 0 Å². The minimum absolute atomic E-state index is 0.0134. The molecule has 0 unspecified atom stereocenters. The molecule has 1 atom stereocenters. The fourth-order valence-electron chi connectivity index (χ4n) is 3.94. The van der Waals surface area contributed by atoms with Crippen molar-refractivity contribution in [1.29, 1.82) is 0 Å². The molecule has 1 saturated heterocycles. The van der Waals surface area contributed by atoms with Gasteiger partial charge in [0.2, 0.25) is 15.9 Å². The number of ether oxygens (including phenoxy) is 1. The minimum Gasteiger partial charge on any atom is -0.491 e. The van der Waals surface area contributed by atoms with Gasteiger partial charge in [-0.3, -0.25) is 4.79 Å². The van der Waals surface area contributed by atoms with E-state index in [1.807, 2.05) is 36.9 Å². The van der Waals surface area contributed by atoms with Gasteiger partial charge in [0.15, 0.2) is 0 Å². The first-order valence-corrected chi connectivity index (χ1v) is 10.9. The van der Waals surface area contributed by atoms with Crippen LogP contribution in [0, 0.1) is 0 Å². The molecular weight excluding hydrogens is 376 g/mol. The fraction of sp³-hybridized carbons (Fsp3) is 0.381. The summed E-state index contributed by atoms with van der Waals surface area (Å²) in [6, 6.07) is 14.1. The molecule has 0 bridgehead atoms. The van der Waals surface area contributed by atoms with Crippen LogP contribution in [-0.2, 0) is 21.2 Å². The van der Waals surface area contributed by atoms with Crippen molar-refractivity contribution in [3.63, 3.8) is 0 Å². The van der Waals surface area contributed by atoms with E-state index in [1.165, 1.54) is 9.87 Å². The molecule has 7 heteroatoms. The molecule has 148 valence electrons. The highest BCUT2D eigenvalue weighted by Crippen LogP contribution is 2.35. The van der Waals surface area contributed by atoms with Crippen molar-refractivity contribution in [3.05, 3.63) is 59.7 Å². The Labute approximate surface area is 165 Å². The number of rotatable bonds is 4. The van der Waals surface area contributed by atoms with Gasteiger partial charge in [0.05, 0.1) is 23.6 Å². The first-order chi connectivity index (χ1) is 13.4. The predicted molar refractivity (Wildman–Crippen MR) is 106 cm³/mol. The average Bonchev–Trinajstić information content (AvgIpc) is 2.67. The Bertz CT molecular complexity index is 986. The summed E-state index contributed by atoms with van der Waals surface area (Å²) in [6.45, 7) is 4.62. The van der Waals surface area contributed by atoms with Crippen LogP contribution in [0.15, 0.2) is 53.4 Å². The fourth-order valence-corrected chi connectivity index (χ4v) is 5.34. The maximum absolute atomic E-state index is 13.2. The van der Waals surface area contributed by atoms with E-state index in [4.69, 9.17) is 4.74 Å². The first-order valence-electron chi connectivity index (χ1n) is 9.50. The van der Waals surface area contributed by atoms with E-state index in [1.54, 1.807) is 24.3 Å². The van der Waals surface area contributed by atoms with Gasteiger partial charge in [-0.2, -0.15) is 4.31 Å². The van der Waals surface area contributed by atoms with Gasteiger partial charge in [-0.05, 0) is 55.7 Å². The lowest BCUT2D eigenvalue weighted by Crippen LogP contribution is -2.55. The second-order valence-electron chi connectivity index (χ2n) is 7.49. The van der Waals surface area contributed by atoms with Crippen LogP contribution in [0.25, 0.3) is 0 Å². The van der Waals surface area contributed by atoms with E-state index >= 15 is 0 Å². The van der Waals surface area contributed by atoms with Gasteiger partial charge >= 0.3 is 0 Å². The minimum atomic E-state index is -3.76. The molecule has 0 saturated carbocycles. The molecule has 1 amide bonds. The third-order valence-corrected chi connectivity index (χ3v) is 7.08. The van der Waals surface area contributed by atoms with E-state index in [0.717, 1.165) is 12.0 Å². The molecule has 0 N–H and O–H groups in total. The molecule has 0 radical (unpaired) electrons. The van der Waals surface area contributed by atoms with Crippen LogP contribution in [-0.4, -0.2) is 49.3 Å². The molecule has 2 aromatic rings. The van der Waals surface area contributed by atoms with Gasteiger partial charge in [-0.25, -0.2) is 8.42 Å². The topological polar surface area (TPSA) is 66.9 Å². The number of carbonyl (C=O) groups is 1. The molecule has 28 heavy (non-hydrogen) atoms. The summed E-state index contributed by atoms with van der Waals surface area (Å²) in [4.78, 5) is 14.7. The third kappa shape index (κ3) is 3.40. The van der Waals surface area contributed by atoms with Gasteiger partial charge in [-0.1, -0.05) is 24.3 Å². The Morgan fingerprint density at radius 3 is 2.50 bits per heavy atom.